The zero-order valence-corrected chi connectivity index (χ0v) is 10.4. The van der Waals surface area contributed by atoms with Crippen molar-refractivity contribution in [1.82, 2.24) is 5.32 Å². The van der Waals surface area contributed by atoms with E-state index in [0.717, 1.165) is 19.8 Å². The second-order valence-corrected chi connectivity index (χ2v) is 4.70. The lowest BCUT2D eigenvalue weighted by molar-refractivity contribution is 0.0767. The molecule has 1 saturated heterocycles. The molecule has 0 radical (unpaired) electrons. The van der Waals surface area contributed by atoms with Gasteiger partial charge in [-0.2, -0.15) is 0 Å². The van der Waals surface area contributed by atoms with Crippen LogP contribution < -0.4 is 5.32 Å². The van der Waals surface area contributed by atoms with Crippen molar-refractivity contribution < 1.29 is 4.74 Å². The quantitative estimate of drug-likeness (QED) is 0.804. The number of nitrogens with one attached hydrogen (secondary N) is 1. The van der Waals surface area contributed by atoms with Crippen molar-refractivity contribution in [2.75, 3.05) is 19.8 Å². The lowest BCUT2D eigenvalue weighted by Gasteiger charge is -2.25. The van der Waals surface area contributed by atoms with E-state index in [0.29, 0.717) is 6.04 Å². The van der Waals surface area contributed by atoms with E-state index in [9.17, 15) is 0 Å². The fraction of sp³-hybridized carbons (Fsp3) is 0.455. The zero-order chi connectivity index (χ0) is 9.97. The summed E-state index contributed by atoms with van der Waals surface area (Å²) in [5.41, 5.74) is 2.74. The highest BCUT2D eigenvalue weighted by Crippen LogP contribution is 2.23. The number of morpholine rings is 1. The van der Waals surface area contributed by atoms with Crippen molar-refractivity contribution in [2.45, 2.75) is 13.0 Å². The standard InChI is InChI=1S/C11H14INO/c1-8-9(3-2-4-10(8)12)11-7-14-6-5-13-11/h2-4,11,13H,5-7H2,1H3/t11-/m1/s1. The van der Waals surface area contributed by atoms with Crippen LogP contribution in [0.2, 0.25) is 0 Å². The average molecular weight is 303 g/mol. The van der Waals surface area contributed by atoms with E-state index in [4.69, 9.17) is 4.74 Å². The molecule has 1 aliphatic rings. The van der Waals surface area contributed by atoms with Crippen LogP contribution in [0.15, 0.2) is 18.2 Å². The van der Waals surface area contributed by atoms with Crippen LogP contribution in [-0.4, -0.2) is 19.8 Å². The van der Waals surface area contributed by atoms with E-state index in [1.165, 1.54) is 14.7 Å². The summed E-state index contributed by atoms with van der Waals surface area (Å²) in [6.45, 7) is 4.75. The second-order valence-electron chi connectivity index (χ2n) is 3.54. The Balaban J connectivity index is 2.26. The normalized spacial score (nSPS) is 22.3. The Morgan fingerprint density at radius 1 is 1.50 bits per heavy atom. The van der Waals surface area contributed by atoms with Gasteiger partial charge in [-0.15, -0.1) is 0 Å². The maximum atomic E-state index is 5.47. The summed E-state index contributed by atoms with van der Waals surface area (Å²) in [5.74, 6) is 0. The van der Waals surface area contributed by atoms with Gasteiger partial charge in [0.15, 0.2) is 0 Å². The molecular weight excluding hydrogens is 289 g/mol. The highest BCUT2D eigenvalue weighted by atomic mass is 127. The van der Waals surface area contributed by atoms with Crippen LogP contribution in [0.3, 0.4) is 0 Å². The summed E-state index contributed by atoms with van der Waals surface area (Å²) in [7, 11) is 0. The third kappa shape index (κ3) is 2.10. The fourth-order valence-corrected chi connectivity index (χ4v) is 2.29. The van der Waals surface area contributed by atoms with Crippen LogP contribution in [0.5, 0.6) is 0 Å². The number of benzene rings is 1. The molecule has 1 aromatic rings. The van der Waals surface area contributed by atoms with Gasteiger partial charge in [0.05, 0.1) is 19.3 Å². The minimum atomic E-state index is 0.374. The Kier molecular flexibility index (Phi) is 3.41. The fourth-order valence-electron chi connectivity index (χ4n) is 1.77. The number of hydrogen-bond acceptors (Lipinski definition) is 2. The SMILES string of the molecule is Cc1c(I)cccc1[C@H]1COCCN1. The van der Waals surface area contributed by atoms with E-state index in [2.05, 4.69) is 53.0 Å². The first-order chi connectivity index (χ1) is 6.79. The summed E-state index contributed by atoms with van der Waals surface area (Å²) in [6, 6.07) is 6.81. The molecule has 0 unspecified atom stereocenters. The van der Waals surface area contributed by atoms with Crippen LogP contribution >= 0.6 is 22.6 Å². The molecule has 1 fully saturated rings. The number of rotatable bonds is 1. The second kappa shape index (κ2) is 4.59. The largest absolute Gasteiger partial charge is 0.378 e. The molecule has 76 valence electrons. The minimum Gasteiger partial charge on any atom is -0.378 e. The van der Waals surface area contributed by atoms with E-state index in [-0.39, 0.29) is 0 Å². The van der Waals surface area contributed by atoms with Gasteiger partial charge >= 0.3 is 0 Å². The molecule has 2 rings (SSSR count). The maximum absolute atomic E-state index is 5.47. The molecule has 1 N–H and O–H groups in total. The van der Waals surface area contributed by atoms with Gasteiger partial charge in [-0.25, -0.2) is 0 Å². The molecule has 0 aliphatic carbocycles. The van der Waals surface area contributed by atoms with Crippen molar-refractivity contribution in [2.24, 2.45) is 0 Å². The number of halogens is 1. The Morgan fingerprint density at radius 3 is 3.07 bits per heavy atom. The Bertz CT molecular complexity index is 321. The highest BCUT2D eigenvalue weighted by molar-refractivity contribution is 14.1. The highest BCUT2D eigenvalue weighted by Gasteiger charge is 2.17. The smallest absolute Gasteiger partial charge is 0.0662 e. The number of ether oxygens (including phenoxy) is 1. The van der Waals surface area contributed by atoms with E-state index >= 15 is 0 Å². The van der Waals surface area contributed by atoms with Crippen LogP contribution in [0, 0.1) is 10.5 Å². The summed E-state index contributed by atoms with van der Waals surface area (Å²) >= 11 is 2.38. The molecular formula is C11H14INO. The van der Waals surface area contributed by atoms with Crippen molar-refractivity contribution >= 4 is 22.6 Å². The summed E-state index contributed by atoms with van der Waals surface area (Å²) < 4.78 is 6.79. The molecule has 2 nitrogen and oxygen atoms in total. The first kappa shape index (κ1) is 10.4. The number of hydrogen-bond donors (Lipinski definition) is 1. The van der Waals surface area contributed by atoms with Gasteiger partial charge in [0.25, 0.3) is 0 Å². The van der Waals surface area contributed by atoms with Gasteiger partial charge < -0.3 is 10.1 Å². The van der Waals surface area contributed by atoms with Crippen LogP contribution in [0.25, 0.3) is 0 Å². The van der Waals surface area contributed by atoms with Crippen LogP contribution in [0.1, 0.15) is 17.2 Å². The topological polar surface area (TPSA) is 21.3 Å². The Hall–Kier alpha value is -0.130. The summed E-state index contributed by atoms with van der Waals surface area (Å²) in [6.07, 6.45) is 0. The monoisotopic (exact) mass is 303 g/mol. The van der Waals surface area contributed by atoms with Gasteiger partial charge in [0, 0.05) is 10.1 Å². The van der Waals surface area contributed by atoms with Gasteiger partial charge in [-0.3, -0.25) is 0 Å². The molecule has 0 amide bonds. The molecule has 3 heteroatoms. The van der Waals surface area contributed by atoms with E-state index in [1.54, 1.807) is 0 Å². The van der Waals surface area contributed by atoms with Crippen molar-refractivity contribution in [3.8, 4) is 0 Å². The van der Waals surface area contributed by atoms with Gasteiger partial charge in [-0.1, -0.05) is 12.1 Å². The minimum absolute atomic E-state index is 0.374. The Morgan fingerprint density at radius 2 is 2.36 bits per heavy atom. The van der Waals surface area contributed by atoms with E-state index in [1.807, 2.05) is 0 Å². The molecule has 0 saturated carbocycles. The van der Waals surface area contributed by atoms with Gasteiger partial charge in [0.2, 0.25) is 0 Å². The first-order valence-electron chi connectivity index (χ1n) is 4.85. The van der Waals surface area contributed by atoms with E-state index < -0.39 is 0 Å². The van der Waals surface area contributed by atoms with Crippen molar-refractivity contribution in [3.63, 3.8) is 0 Å². The maximum Gasteiger partial charge on any atom is 0.0662 e. The molecule has 1 aliphatic heterocycles. The lowest BCUT2D eigenvalue weighted by atomic mass is 10.0. The summed E-state index contributed by atoms with van der Waals surface area (Å²) in [5, 5.41) is 3.48. The lowest BCUT2D eigenvalue weighted by Crippen LogP contribution is -2.35. The molecule has 0 bridgehead atoms. The average Bonchev–Trinajstić information content (AvgIpc) is 2.23. The van der Waals surface area contributed by atoms with Crippen molar-refractivity contribution in [3.05, 3.63) is 32.9 Å². The van der Waals surface area contributed by atoms with Crippen LogP contribution in [0.4, 0.5) is 0 Å². The predicted octanol–water partition coefficient (Wildman–Crippen LogP) is 2.26. The first-order valence-corrected chi connectivity index (χ1v) is 5.93. The van der Waals surface area contributed by atoms with Crippen LogP contribution in [-0.2, 0) is 4.74 Å². The molecule has 1 heterocycles. The summed E-state index contributed by atoms with van der Waals surface area (Å²) in [4.78, 5) is 0. The molecule has 1 atom stereocenters. The van der Waals surface area contributed by atoms with Gasteiger partial charge in [0.1, 0.15) is 0 Å². The predicted molar refractivity (Wildman–Crippen MR) is 65.5 cm³/mol. The molecule has 0 aromatic heterocycles. The zero-order valence-electron chi connectivity index (χ0n) is 8.22. The van der Waals surface area contributed by atoms with Gasteiger partial charge in [-0.05, 0) is 46.7 Å². The molecule has 14 heavy (non-hydrogen) atoms. The van der Waals surface area contributed by atoms with Crippen molar-refractivity contribution in [1.29, 1.82) is 0 Å². The third-order valence-corrected chi connectivity index (χ3v) is 3.78. The molecule has 0 spiro atoms. The molecule has 1 aromatic carbocycles. The third-order valence-electron chi connectivity index (χ3n) is 2.61. The Labute approximate surface area is 98.2 Å².